The number of nitrogens with zero attached hydrogens (tertiary/aromatic N) is 3. The fourth-order valence-corrected chi connectivity index (χ4v) is 6.47. The minimum Gasteiger partial charge on any atom is -0.477 e. The smallest absolute Gasteiger partial charge is 0.341 e. The third-order valence-electron chi connectivity index (χ3n) is 8.85. The van der Waals surface area contributed by atoms with E-state index in [1.807, 2.05) is 40.8 Å². The number of anilines is 1. The van der Waals surface area contributed by atoms with E-state index in [2.05, 4.69) is 5.32 Å². The summed E-state index contributed by atoms with van der Waals surface area (Å²) in [5.74, 6) is -4.20. The van der Waals surface area contributed by atoms with Gasteiger partial charge in [0.15, 0.2) is 0 Å². The van der Waals surface area contributed by atoms with Crippen LogP contribution in [0.4, 0.5) is 23.2 Å². The maximum atomic E-state index is 14.8. The SMILES string of the molecule is CC(C)Cn1cc(C(=O)O)c(=O)c2cc(F)c(Cl)cc21.CC(C)Cn1cc(C(=O)O)c(=O)c2cc(F)c(N(C)Cc3cccc(F)c3)cc21.CNCc1cccc(F)c1. The van der Waals surface area contributed by atoms with Crippen molar-refractivity contribution in [1.29, 1.82) is 0 Å². The first-order valence-corrected chi connectivity index (χ1v) is 18.9. The Bertz CT molecular complexity index is 2610. The summed E-state index contributed by atoms with van der Waals surface area (Å²) in [6, 6.07) is 17.6. The standard InChI is InChI=1S/C22H22F2N2O3.C14H13ClFNO3.C8H10FN/c1-13(2)10-26-12-17(22(28)29)21(27)16-8-18(24)20(9-19(16)26)25(3)11-14-5-4-6-15(23)7-14;1-7(2)5-17-6-9(14(19)20)13(18)8-3-11(16)10(15)4-12(8)17;1-10-6-7-3-2-4-8(9)5-7/h4-9,12-13H,10-11H2,1-3H3,(H,28,29);3-4,6-7H,5H2,1-2H3,(H,19,20);2-5,10H,6H2,1H3. The van der Waals surface area contributed by atoms with E-state index in [4.69, 9.17) is 16.7 Å². The highest BCUT2D eigenvalue weighted by Gasteiger charge is 2.20. The van der Waals surface area contributed by atoms with Gasteiger partial charge < -0.3 is 29.6 Å². The normalized spacial score (nSPS) is 11.0. The highest BCUT2D eigenvalue weighted by Crippen LogP contribution is 2.27. The molecule has 6 aromatic rings. The van der Waals surface area contributed by atoms with Gasteiger partial charge in [0.25, 0.3) is 0 Å². The third kappa shape index (κ3) is 11.8. The first-order valence-electron chi connectivity index (χ1n) is 18.5. The van der Waals surface area contributed by atoms with Gasteiger partial charge in [-0.1, -0.05) is 63.6 Å². The van der Waals surface area contributed by atoms with Crippen LogP contribution in [0.15, 0.2) is 94.8 Å². The summed E-state index contributed by atoms with van der Waals surface area (Å²) in [5, 5.41) is 21.3. The number of fused-ring (bicyclic) bond motifs is 2. The monoisotopic (exact) mass is 836 g/mol. The van der Waals surface area contributed by atoms with Crippen LogP contribution >= 0.6 is 11.6 Å². The largest absolute Gasteiger partial charge is 0.477 e. The zero-order valence-corrected chi connectivity index (χ0v) is 34.1. The van der Waals surface area contributed by atoms with E-state index >= 15 is 0 Å². The van der Waals surface area contributed by atoms with Gasteiger partial charge in [-0.15, -0.1) is 0 Å². The van der Waals surface area contributed by atoms with Gasteiger partial charge in [-0.05, 0) is 78.5 Å². The molecule has 4 aromatic carbocycles. The van der Waals surface area contributed by atoms with Gasteiger partial charge in [0.1, 0.15) is 34.4 Å². The quantitative estimate of drug-likeness (QED) is 0.110. The maximum Gasteiger partial charge on any atom is 0.341 e. The van der Waals surface area contributed by atoms with Gasteiger partial charge in [-0.25, -0.2) is 27.2 Å². The molecule has 0 amide bonds. The topological polar surface area (TPSA) is 134 Å². The molecule has 3 N–H and O–H groups in total. The summed E-state index contributed by atoms with van der Waals surface area (Å²) in [6.07, 6.45) is 2.59. The molecule has 15 heteroatoms. The number of carbonyl (C=O) groups is 2. The Hall–Kier alpha value is -5.99. The minimum absolute atomic E-state index is 0.0194. The van der Waals surface area contributed by atoms with E-state index in [9.17, 15) is 41.8 Å². The first kappa shape index (κ1) is 45.7. The van der Waals surface area contributed by atoms with E-state index < -0.39 is 40.0 Å². The van der Waals surface area contributed by atoms with Gasteiger partial charge in [0, 0.05) is 56.4 Å². The molecule has 0 unspecified atom stereocenters. The second kappa shape index (κ2) is 20.1. The van der Waals surface area contributed by atoms with E-state index in [1.165, 1.54) is 42.7 Å². The molecule has 10 nitrogen and oxygen atoms in total. The Labute approximate surface area is 342 Å². The van der Waals surface area contributed by atoms with E-state index in [0.717, 1.165) is 24.2 Å². The lowest BCUT2D eigenvalue weighted by Gasteiger charge is -2.22. The van der Waals surface area contributed by atoms with Crippen molar-refractivity contribution in [3.63, 3.8) is 0 Å². The molecule has 0 aliphatic heterocycles. The van der Waals surface area contributed by atoms with Crippen LogP contribution in [-0.4, -0.2) is 45.4 Å². The predicted molar refractivity (Wildman–Crippen MR) is 223 cm³/mol. The molecular weight excluding hydrogens is 792 g/mol. The van der Waals surface area contributed by atoms with Gasteiger partial charge in [-0.2, -0.15) is 0 Å². The molecule has 0 saturated heterocycles. The summed E-state index contributed by atoms with van der Waals surface area (Å²) in [4.78, 5) is 48.8. The Kier molecular flexibility index (Phi) is 15.6. The van der Waals surface area contributed by atoms with E-state index in [0.29, 0.717) is 29.7 Å². The van der Waals surface area contributed by atoms with Crippen LogP contribution in [-0.2, 0) is 26.2 Å². The highest BCUT2D eigenvalue weighted by molar-refractivity contribution is 6.31. The van der Waals surface area contributed by atoms with E-state index in [-0.39, 0.29) is 57.1 Å². The number of nitrogens with one attached hydrogen (secondary N) is 1. The number of hydrogen-bond acceptors (Lipinski definition) is 6. The summed E-state index contributed by atoms with van der Waals surface area (Å²) >= 11 is 5.74. The lowest BCUT2D eigenvalue weighted by Crippen LogP contribution is -2.22. The zero-order valence-electron chi connectivity index (χ0n) is 33.3. The fraction of sp³-hybridized carbons (Fsp3) is 0.273. The predicted octanol–water partition coefficient (Wildman–Crippen LogP) is 8.96. The lowest BCUT2D eigenvalue weighted by molar-refractivity contribution is 0.0684. The van der Waals surface area contributed by atoms with Crippen molar-refractivity contribution >= 4 is 51.0 Å². The number of pyridine rings is 2. The van der Waals surface area contributed by atoms with Crippen molar-refractivity contribution in [2.24, 2.45) is 11.8 Å². The van der Waals surface area contributed by atoms with Crippen molar-refractivity contribution in [3.8, 4) is 0 Å². The Morgan fingerprint density at radius 1 is 0.712 bits per heavy atom. The molecule has 2 aromatic heterocycles. The Balaban J connectivity index is 0.000000220. The minimum atomic E-state index is -1.35. The van der Waals surface area contributed by atoms with Crippen LogP contribution in [0.1, 0.15) is 59.5 Å². The summed E-state index contributed by atoms with van der Waals surface area (Å²) in [7, 11) is 3.51. The highest BCUT2D eigenvalue weighted by atomic mass is 35.5. The third-order valence-corrected chi connectivity index (χ3v) is 9.14. The molecule has 2 heterocycles. The average Bonchev–Trinajstić information content (AvgIpc) is 3.14. The molecule has 6 rings (SSSR count). The maximum absolute atomic E-state index is 14.8. The number of carboxylic acids is 2. The number of halogens is 5. The van der Waals surface area contributed by atoms with Crippen LogP contribution in [0.25, 0.3) is 21.8 Å². The summed E-state index contributed by atoms with van der Waals surface area (Å²) < 4.78 is 57.6. The molecule has 0 aliphatic carbocycles. The second-order valence-electron chi connectivity index (χ2n) is 14.7. The molecule has 0 fully saturated rings. The van der Waals surface area contributed by atoms with Gasteiger partial charge >= 0.3 is 11.9 Å². The molecule has 0 radical (unpaired) electrons. The molecule has 0 bridgehead atoms. The van der Waals surface area contributed by atoms with Crippen molar-refractivity contribution in [2.75, 3.05) is 19.0 Å². The zero-order chi connectivity index (χ0) is 43.7. The molecule has 312 valence electrons. The number of benzene rings is 4. The molecule has 0 saturated carbocycles. The molecule has 59 heavy (non-hydrogen) atoms. The fourth-order valence-electron chi connectivity index (χ4n) is 6.32. The van der Waals surface area contributed by atoms with Crippen LogP contribution in [0, 0.1) is 35.1 Å². The molecular formula is C44H45ClF4N4O6. The van der Waals surface area contributed by atoms with Crippen LogP contribution in [0.5, 0.6) is 0 Å². The second-order valence-corrected chi connectivity index (χ2v) is 15.1. The van der Waals surface area contributed by atoms with E-state index in [1.54, 1.807) is 45.3 Å². The Morgan fingerprint density at radius 2 is 1.17 bits per heavy atom. The molecule has 0 aliphatic rings. The number of rotatable bonds is 11. The van der Waals surface area contributed by atoms with Crippen LogP contribution < -0.4 is 21.1 Å². The van der Waals surface area contributed by atoms with Crippen LogP contribution in [0.2, 0.25) is 5.02 Å². The van der Waals surface area contributed by atoms with Crippen molar-refractivity contribution < 1.29 is 37.4 Å². The molecule has 0 atom stereocenters. The number of aromatic nitrogens is 2. The summed E-state index contributed by atoms with van der Waals surface area (Å²) in [5.41, 5.74) is 0.584. The number of aromatic carboxylic acids is 2. The summed E-state index contributed by atoms with van der Waals surface area (Å²) in [6.45, 7) is 9.79. The van der Waals surface area contributed by atoms with Crippen molar-refractivity contribution in [3.05, 3.63) is 156 Å². The van der Waals surface area contributed by atoms with Crippen molar-refractivity contribution in [2.45, 2.75) is 53.9 Å². The first-order chi connectivity index (χ1) is 27.8. The van der Waals surface area contributed by atoms with Gasteiger partial charge in [-0.3, -0.25) is 9.59 Å². The molecule has 0 spiro atoms. The lowest BCUT2D eigenvalue weighted by atomic mass is 10.1. The number of carboxylic acid groups (broad SMARTS) is 2. The van der Waals surface area contributed by atoms with Crippen molar-refractivity contribution in [1.82, 2.24) is 14.5 Å². The number of hydrogen-bond donors (Lipinski definition) is 3. The van der Waals surface area contributed by atoms with Gasteiger partial charge in [0.05, 0.1) is 21.7 Å². The average molecular weight is 837 g/mol. The Morgan fingerprint density at radius 3 is 1.63 bits per heavy atom. The van der Waals surface area contributed by atoms with Crippen LogP contribution in [0.3, 0.4) is 0 Å². The van der Waals surface area contributed by atoms with Gasteiger partial charge in [0.2, 0.25) is 10.9 Å².